The standard InChI is InChI=1S/C19H15ClN2O/c1-11-6-7-16-13(8-11)19(18(10-23)22-16)17-9-14(20)12-4-2-3-5-15(12)21-17/h2-9,22-23H,10H2,1H3. The molecule has 3 nitrogen and oxygen atoms in total. The molecule has 0 aliphatic carbocycles. The average Bonchev–Trinajstić information content (AvgIpc) is 2.92. The summed E-state index contributed by atoms with van der Waals surface area (Å²) >= 11 is 6.44. The van der Waals surface area contributed by atoms with Crippen LogP contribution in [0.15, 0.2) is 48.5 Å². The molecule has 0 aliphatic rings. The number of aromatic nitrogens is 2. The number of hydrogen-bond donors (Lipinski definition) is 2. The Morgan fingerprint density at radius 1 is 1.09 bits per heavy atom. The van der Waals surface area contributed by atoms with Crippen LogP contribution in [-0.2, 0) is 6.61 Å². The van der Waals surface area contributed by atoms with Crippen molar-refractivity contribution >= 4 is 33.4 Å². The van der Waals surface area contributed by atoms with Gasteiger partial charge in [0, 0.05) is 21.9 Å². The van der Waals surface area contributed by atoms with Gasteiger partial charge in [0.2, 0.25) is 0 Å². The fourth-order valence-corrected chi connectivity index (χ4v) is 3.30. The second-order valence-electron chi connectivity index (χ2n) is 5.69. The Labute approximate surface area is 138 Å². The van der Waals surface area contributed by atoms with Gasteiger partial charge in [0.05, 0.1) is 28.5 Å². The lowest BCUT2D eigenvalue weighted by molar-refractivity contribution is 0.278. The summed E-state index contributed by atoms with van der Waals surface area (Å²) in [6.45, 7) is 1.98. The zero-order valence-electron chi connectivity index (χ0n) is 12.6. The van der Waals surface area contributed by atoms with E-state index < -0.39 is 0 Å². The van der Waals surface area contributed by atoms with Crippen molar-refractivity contribution in [3.8, 4) is 11.3 Å². The normalized spacial score (nSPS) is 11.4. The van der Waals surface area contributed by atoms with E-state index in [1.54, 1.807) is 0 Å². The van der Waals surface area contributed by atoms with Gasteiger partial charge in [-0.1, -0.05) is 41.4 Å². The van der Waals surface area contributed by atoms with Crippen LogP contribution < -0.4 is 0 Å². The molecule has 0 amide bonds. The maximum Gasteiger partial charge on any atom is 0.0838 e. The molecular weight excluding hydrogens is 308 g/mol. The van der Waals surface area contributed by atoms with E-state index in [1.165, 1.54) is 0 Å². The first-order valence-electron chi connectivity index (χ1n) is 7.45. The maximum absolute atomic E-state index is 9.74. The summed E-state index contributed by atoms with van der Waals surface area (Å²) in [5.74, 6) is 0. The number of aliphatic hydroxyl groups is 1. The minimum atomic E-state index is -0.0742. The van der Waals surface area contributed by atoms with Crippen molar-refractivity contribution in [3.63, 3.8) is 0 Å². The topological polar surface area (TPSA) is 48.9 Å². The second kappa shape index (κ2) is 5.37. The highest BCUT2D eigenvalue weighted by molar-refractivity contribution is 6.35. The van der Waals surface area contributed by atoms with E-state index in [4.69, 9.17) is 16.6 Å². The zero-order chi connectivity index (χ0) is 16.0. The monoisotopic (exact) mass is 322 g/mol. The van der Waals surface area contributed by atoms with E-state index in [9.17, 15) is 5.11 Å². The third kappa shape index (κ3) is 2.29. The number of aryl methyl sites for hydroxylation is 1. The molecule has 0 bridgehead atoms. The number of rotatable bonds is 2. The van der Waals surface area contributed by atoms with Crippen LogP contribution in [-0.4, -0.2) is 15.1 Å². The fourth-order valence-electron chi connectivity index (χ4n) is 3.03. The molecule has 114 valence electrons. The van der Waals surface area contributed by atoms with E-state index >= 15 is 0 Å². The second-order valence-corrected chi connectivity index (χ2v) is 6.10. The molecule has 0 radical (unpaired) electrons. The first-order chi connectivity index (χ1) is 11.2. The molecule has 0 saturated heterocycles. The highest BCUT2D eigenvalue weighted by atomic mass is 35.5. The molecule has 2 N–H and O–H groups in total. The Balaban J connectivity index is 2.07. The number of fused-ring (bicyclic) bond motifs is 2. The van der Waals surface area contributed by atoms with Crippen LogP contribution in [0.3, 0.4) is 0 Å². The largest absolute Gasteiger partial charge is 0.390 e. The lowest BCUT2D eigenvalue weighted by Crippen LogP contribution is -1.91. The van der Waals surface area contributed by atoms with Gasteiger partial charge < -0.3 is 10.1 Å². The first kappa shape index (κ1) is 14.2. The van der Waals surface area contributed by atoms with Crippen molar-refractivity contribution in [3.05, 3.63) is 64.8 Å². The lowest BCUT2D eigenvalue weighted by atomic mass is 10.0. The van der Waals surface area contributed by atoms with Crippen LogP contribution >= 0.6 is 11.6 Å². The Morgan fingerprint density at radius 3 is 2.74 bits per heavy atom. The van der Waals surface area contributed by atoms with Gasteiger partial charge in [0.15, 0.2) is 0 Å². The van der Waals surface area contributed by atoms with E-state index in [0.29, 0.717) is 5.02 Å². The van der Waals surface area contributed by atoms with E-state index in [0.717, 1.165) is 44.3 Å². The number of halogens is 1. The molecule has 2 heterocycles. The predicted octanol–water partition coefficient (Wildman–Crippen LogP) is 4.84. The Hall–Kier alpha value is -2.36. The number of para-hydroxylation sites is 1. The number of aliphatic hydroxyl groups excluding tert-OH is 1. The SMILES string of the molecule is Cc1ccc2[nH]c(CO)c(-c3cc(Cl)c4ccccc4n3)c2c1. The molecule has 4 rings (SSSR count). The third-order valence-electron chi connectivity index (χ3n) is 4.11. The van der Waals surface area contributed by atoms with Crippen LogP contribution in [0.2, 0.25) is 5.02 Å². The average molecular weight is 323 g/mol. The van der Waals surface area contributed by atoms with Crippen molar-refractivity contribution in [1.82, 2.24) is 9.97 Å². The molecule has 23 heavy (non-hydrogen) atoms. The molecule has 0 aliphatic heterocycles. The minimum absolute atomic E-state index is 0.0742. The van der Waals surface area contributed by atoms with Gasteiger partial charge in [0.25, 0.3) is 0 Å². The first-order valence-corrected chi connectivity index (χ1v) is 7.83. The van der Waals surface area contributed by atoms with Crippen LogP contribution in [0.4, 0.5) is 0 Å². The van der Waals surface area contributed by atoms with Gasteiger partial charge in [-0.05, 0) is 31.2 Å². The smallest absolute Gasteiger partial charge is 0.0838 e. The predicted molar refractivity (Wildman–Crippen MR) is 94.7 cm³/mol. The van der Waals surface area contributed by atoms with Gasteiger partial charge in [-0.2, -0.15) is 0 Å². The highest BCUT2D eigenvalue weighted by Gasteiger charge is 2.16. The molecular formula is C19H15ClN2O. The summed E-state index contributed by atoms with van der Waals surface area (Å²) in [5.41, 5.74) is 5.44. The third-order valence-corrected chi connectivity index (χ3v) is 4.42. The number of nitrogens with one attached hydrogen (secondary N) is 1. The number of pyridine rings is 1. The summed E-state index contributed by atoms with van der Waals surface area (Å²) in [6.07, 6.45) is 0. The zero-order valence-corrected chi connectivity index (χ0v) is 13.4. The molecule has 4 aromatic rings. The van der Waals surface area contributed by atoms with Crippen LogP contribution in [0.5, 0.6) is 0 Å². The summed E-state index contributed by atoms with van der Waals surface area (Å²) in [7, 11) is 0. The van der Waals surface area contributed by atoms with Crippen molar-refractivity contribution < 1.29 is 5.11 Å². The summed E-state index contributed by atoms with van der Waals surface area (Å²) in [6, 6.07) is 15.8. The van der Waals surface area contributed by atoms with E-state index in [-0.39, 0.29) is 6.61 Å². The van der Waals surface area contributed by atoms with Crippen molar-refractivity contribution in [2.24, 2.45) is 0 Å². The number of nitrogens with zero attached hydrogens (tertiary/aromatic N) is 1. The number of H-pyrrole nitrogens is 1. The Bertz CT molecular complexity index is 1040. The molecule has 2 aromatic heterocycles. The summed E-state index contributed by atoms with van der Waals surface area (Å²) < 4.78 is 0. The van der Waals surface area contributed by atoms with Crippen LogP contribution in [0.1, 0.15) is 11.3 Å². The fraction of sp³-hybridized carbons (Fsp3) is 0.105. The van der Waals surface area contributed by atoms with Crippen molar-refractivity contribution in [1.29, 1.82) is 0 Å². The molecule has 0 atom stereocenters. The Morgan fingerprint density at radius 2 is 1.91 bits per heavy atom. The quantitative estimate of drug-likeness (QED) is 0.555. The number of aromatic amines is 1. The van der Waals surface area contributed by atoms with Gasteiger partial charge in [0.1, 0.15) is 0 Å². The molecule has 0 fully saturated rings. The van der Waals surface area contributed by atoms with E-state index in [1.807, 2.05) is 42.5 Å². The van der Waals surface area contributed by atoms with Gasteiger partial charge in [-0.15, -0.1) is 0 Å². The minimum Gasteiger partial charge on any atom is -0.390 e. The highest BCUT2D eigenvalue weighted by Crippen LogP contribution is 2.35. The number of hydrogen-bond acceptors (Lipinski definition) is 2. The molecule has 0 saturated carbocycles. The van der Waals surface area contributed by atoms with Gasteiger partial charge >= 0.3 is 0 Å². The summed E-state index contributed by atoms with van der Waals surface area (Å²) in [5, 5.41) is 12.4. The van der Waals surface area contributed by atoms with Crippen molar-refractivity contribution in [2.75, 3.05) is 0 Å². The maximum atomic E-state index is 9.74. The van der Waals surface area contributed by atoms with E-state index in [2.05, 4.69) is 18.0 Å². The van der Waals surface area contributed by atoms with Crippen LogP contribution in [0, 0.1) is 6.92 Å². The van der Waals surface area contributed by atoms with Gasteiger partial charge in [-0.3, -0.25) is 0 Å². The number of benzene rings is 2. The van der Waals surface area contributed by atoms with Crippen molar-refractivity contribution in [2.45, 2.75) is 13.5 Å². The summed E-state index contributed by atoms with van der Waals surface area (Å²) in [4.78, 5) is 8.03. The molecule has 2 aromatic carbocycles. The lowest BCUT2D eigenvalue weighted by Gasteiger charge is -2.07. The molecule has 0 spiro atoms. The van der Waals surface area contributed by atoms with Gasteiger partial charge in [-0.25, -0.2) is 4.98 Å². The molecule has 4 heteroatoms. The molecule has 0 unspecified atom stereocenters. The Kier molecular flexibility index (Phi) is 3.33. The van der Waals surface area contributed by atoms with Crippen LogP contribution in [0.25, 0.3) is 33.1 Å².